The van der Waals surface area contributed by atoms with E-state index in [4.69, 9.17) is 16.3 Å². The largest absolute Gasteiger partial charge is 0.493 e. The molecule has 0 amide bonds. The molecule has 2 heteroatoms. The number of halogens is 1. The van der Waals surface area contributed by atoms with Crippen LogP contribution in [0.2, 0.25) is 5.02 Å². The molecule has 0 aliphatic carbocycles. The van der Waals surface area contributed by atoms with Crippen LogP contribution in [0.15, 0.2) is 24.3 Å². The fourth-order valence-electron chi connectivity index (χ4n) is 2.34. The van der Waals surface area contributed by atoms with Crippen molar-refractivity contribution in [2.24, 2.45) is 0 Å². The van der Waals surface area contributed by atoms with Gasteiger partial charge in [-0.1, -0.05) is 51.4 Å². The number of hydrogen-bond acceptors (Lipinski definition) is 1. The van der Waals surface area contributed by atoms with Crippen LogP contribution in [-0.4, -0.2) is 6.61 Å². The Balaban J connectivity index is 3.18. The maximum Gasteiger partial charge on any atom is 0.126 e. The first-order valence-electron chi connectivity index (χ1n) is 7.62. The summed E-state index contributed by atoms with van der Waals surface area (Å²) >= 11 is 6.30. The van der Waals surface area contributed by atoms with Crippen molar-refractivity contribution in [2.45, 2.75) is 59.3 Å². The normalized spacial score (nSPS) is 13.2. The van der Waals surface area contributed by atoms with Crippen LogP contribution in [0.1, 0.15) is 70.4 Å². The highest BCUT2D eigenvalue weighted by Crippen LogP contribution is 2.38. The Morgan fingerprint density at radius 1 is 1.10 bits per heavy atom. The lowest BCUT2D eigenvalue weighted by molar-refractivity contribution is 0.329. The highest BCUT2D eigenvalue weighted by molar-refractivity contribution is 6.30. The molecule has 0 heterocycles. The van der Waals surface area contributed by atoms with Gasteiger partial charge in [0.1, 0.15) is 5.75 Å². The number of rotatable bonds is 7. The monoisotopic (exact) mass is 294 g/mol. The van der Waals surface area contributed by atoms with Crippen LogP contribution >= 0.6 is 11.6 Å². The summed E-state index contributed by atoms with van der Waals surface area (Å²) in [6.07, 6.45) is 6.56. The zero-order chi connectivity index (χ0) is 15.1. The quantitative estimate of drug-likeness (QED) is 0.534. The number of hydrogen-bond donors (Lipinski definition) is 0. The molecule has 0 bridgehead atoms. The molecule has 0 fully saturated rings. The lowest BCUT2D eigenvalue weighted by Crippen LogP contribution is -2.05. The van der Waals surface area contributed by atoms with Crippen molar-refractivity contribution in [3.63, 3.8) is 0 Å². The first-order valence-corrected chi connectivity index (χ1v) is 8.00. The van der Waals surface area contributed by atoms with Gasteiger partial charge in [0.2, 0.25) is 0 Å². The molecule has 20 heavy (non-hydrogen) atoms. The van der Waals surface area contributed by atoms with Gasteiger partial charge in [-0.05, 0) is 54.9 Å². The van der Waals surface area contributed by atoms with Gasteiger partial charge >= 0.3 is 0 Å². The van der Waals surface area contributed by atoms with Crippen molar-refractivity contribution in [1.29, 1.82) is 0 Å². The van der Waals surface area contributed by atoms with Crippen molar-refractivity contribution in [1.82, 2.24) is 0 Å². The molecular formula is C18H27ClO. The molecular weight excluding hydrogens is 268 g/mol. The minimum Gasteiger partial charge on any atom is -0.493 e. The van der Waals surface area contributed by atoms with Crippen molar-refractivity contribution in [2.75, 3.05) is 6.61 Å². The molecule has 0 N–H and O–H groups in total. The van der Waals surface area contributed by atoms with E-state index < -0.39 is 0 Å². The highest BCUT2D eigenvalue weighted by atomic mass is 35.5. The third-order valence-corrected chi connectivity index (χ3v) is 3.66. The Hall–Kier alpha value is -0.950. The van der Waals surface area contributed by atoms with E-state index in [-0.39, 0.29) is 0 Å². The molecule has 0 saturated heterocycles. The molecule has 1 rings (SSSR count). The topological polar surface area (TPSA) is 9.23 Å². The summed E-state index contributed by atoms with van der Waals surface area (Å²) in [4.78, 5) is 0. The van der Waals surface area contributed by atoms with Gasteiger partial charge in [0.15, 0.2) is 0 Å². The molecule has 1 aromatic rings. The summed E-state index contributed by atoms with van der Waals surface area (Å²) in [5, 5.41) is 0.804. The molecule has 0 spiro atoms. The summed E-state index contributed by atoms with van der Waals surface area (Å²) in [6, 6.07) is 4.10. The fourth-order valence-corrected chi connectivity index (χ4v) is 2.57. The minimum absolute atomic E-state index is 0.410. The molecule has 1 atom stereocenters. The van der Waals surface area contributed by atoms with Gasteiger partial charge in [0.25, 0.3) is 0 Å². The Morgan fingerprint density at radius 2 is 1.75 bits per heavy atom. The second kappa shape index (κ2) is 8.36. The molecule has 0 saturated carbocycles. The van der Waals surface area contributed by atoms with Gasteiger partial charge in [-0.25, -0.2) is 0 Å². The van der Waals surface area contributed by atoms with E-state index in [0.29, 0.717) is 18.4 Å². The zero-order valence-electron chi connectivity index (χ0n) is 13.4. The SMILES string of the molecule is CC/C=C\CC(C)c1cc(Cl)cc(C(C)C)c1OCC. The average molecular weight is 295 g/mol. The third kappa shape index (κ3) is 4.56. The predicted octanol–water partition coefficient (Wildman–Crippen LogP) is 6.32. The Morgan fingerprint density at radius 3 is 2.30 bits per heavy atom. The first-order chi connectivity index (χ1) is 9.51. The van der Waals surface area contributed by atoms with E-state index >= 15 is 0 Å². The van der Waals surface area contributed by atoms with Crippen LogP contribution in [0.3, 0.4) is 0 Å². The molecule has 0 aliphatic rings. The lowest BCUT2D eigenvalue weighted by atomic mass is 9.91. The van der Waals surface area contributed by atoms with Gasteiger partial charge in [-0.2, -0.15) is 0 Å². The van der Waals surface area contributed by atoms with E-state index in [2.05, 4.69) is 45.9 Å². The summed E-state index contributed by atoms with van der Waals surface area (Å²) < 4.78 is 5.93. The standard InChI is InChI=1S/C18H27ClO/c1-6-8-9-10-14(5)17-12-15(19)11-16(13(3)4)18(17)20-7-2/h8-9,11-14H,6-7,10H2,1-5H3/b9-8-. The summed E-state index contributed by atoms with van der Waals surface area (Å²) in [5.74, 6) is 1.85. The van der Waals surface area contributed by atoms with Crippen molar-refractivity contribution in [3.05, 3.63) is 40.4 Å². The van der Waals surface area contributed by atoms with E-state index in [1.54, 1.807) is 0 Å². The lowest BCUT2D eigenvalue weighted by Gasteiger charge is -2.21. The van der Waals surface area contributed by atoms with Crippen molar-refractivity contribution >= 4 is 11.6 Å². The second-order valence-corrected chi connectivity index (χ2v) is 5.95. The molecule has 0 aromatic heterocycles. The summed E-state index contributed by atoms with van der Waals surface area (Å²) in [6.45, 7) is 11.5. The van der Waals surface area contributed by atoms with Crippen LogP contribution < -0.4 is 4.74 Å². The highest BCUT2D eigenvalue weighted by Gasteiger charge is 2.18. The van der Waals surface area contributed by atoms with Gasteiger partial charge in [0.05, 0.1) is 6.61 Å². The smallest absolute Gasteiger partial charge is 0.126 e. The predicted molar refractivity (Wildman–Crippen MR) is 89.2 cm³/mol. The van der Waals surface area contributed by atoms with Gasteiger partial charge < -0.3 is 4.74 Å². The molecule has 1 nitrogen and oxygen atoms in total. The Bertz CT molecular complexity index is 449. The van der Waals surface area contributed by atoms with E-state index in [1.165, 1.54) is 11.1 Å². The van der Waals surface area contributed by atoms with Crippen molar-refractivity contribution in [3.8, 4) is 5.75 Å². The average Bonchev–Trinajstić information content (AvgIpc) is 2.40. The molecule has 112 valence electrons. The zero-order valence-corrected chi connectivity index (χ0v) is 14.1. The Labute approximate surface area is 129 Å². The maximum atomic E-state index is 6.30. The van der Waals surface area contributed by atoms with Crippen LogP contribution in [0.5, 0.6) is 5.75 Å². The minimum atomic E-state index is 0.410. The van der Waals surface area contributed by atoms with Gasteiger partial charge in [-0.15, -0.1) is 0 Å². The van der Waals surface area contributed by atoms with Crippen LogP contribution in [0, 0.1) is 0 Å². The molecule has 1 aromatic carbocycles. The fraction of sp³-hybridized carbons (Fsp3) is 0.556. The molecule has 1 unspecified atom stereocenters. The number of benzene rings is 1. The number of ether oxygens (including phenoxy) is 1. The van der Waals surface area contributed by atoms with E-state index in [9.17, 15) is 0 Å². The molecule has 0 aliphatic heterocycles. The second-order valence-electron chi connectivity index (χ2n) is 5.52. The van der Waals surface area contributed by atoms with E-state index in [0.717, 1.165) is 23.6 Å². The third-order valence-electron chi connectivity index (χ3n) is 3.44. The van der Waals surface area contributed by atoms with Crippen LogP contribution in [-0.2, 0) is 0 Å². The first kappa shape index (κ1) is 17.1. The van der Waals surface area contributed by atoms with Gasteiger partial charge in [0, 0.05) is 5.02 Å². The molecule has 0 radical (unpaired) electrons. The van der Waals surface area contributed by atoms with E-state index in [1.807, 2.05) is 13.0 Å². The maximum absolute atomic E-state index is 6.30. The van der Waals surface area contributed by atoms with Crippen molar-refractivity contribution < 1.29 is 4.74 Å². The number of allylic oxidation sites excluding steroid dienone is 2. The Kier molecular flexibility index (Phi) is 7.15. The summed E-state index contributed by atoms with van der Waals surface area (Å²) in [7, 11) is 0. The van der Waals surface area contributed by atoms with Crippen LogP contribution in [0.25, 0.3) is 0 Å². The van der Waals surface area contributed by atoms with Crippen LogP contribution in [0.4, 0.5) is 0 Å². The summed E-state index contributed by atoms with van der Waals surface area (Å²) in [5.41, 5.74) is 2.43. The van der Waals surface area contributed by atoms with Gasteiger partial charge in [-0.3, -0.25) is 0 Å².